The van der Waals surface area contributed by atoms with E-state index in [0.717, 1.165) is 12.8 Å². The van der Waals surface area contributed by atoms with E-state index in [1.807, 2.05) is 6.92 Å². The molecule has 0 radical (unpaired) electrons. The van der Waals surface area contributed by atoms with Gasteiger partial charge in [-0.15, -0.1) is 0 Å². The molecule has 1 aromatic carbocycles. The number of aromatic nitrogens is 2. The number of aryl methyl sites for hydroxylation is 1. The minimum atomic E-state index is -1.20. The van der Waals surface area contributed by atoms with Crippen molar-refractivity contribution in [2.24, 2.45) is 5.73 Å². The Bertz CT molecular complexity index is 663. The highest BCUT2D eigenvalue weighted by molar-refractivity contribution is 6.05. The van der Waals surface area contributed by atoms with E-state index in [4.69, 9.17) is 10.8 Å². The Hall–Kier alpha value is -2.57. The van der Waals surface area contributed by atoms with E-state index in [1.165, 1.54) is 0 Å². The summed E-state index contributed by atoms with van der Waals surface area (Å²) in [5.74, 6) is -0.382. The van der Waals surface area contributed by atoms with Gasteiger partial charge < -0.3 is 15.4 Å². The van der Waals surface area contributed by atoms with Crippen molar-refractivity contribution >= 4 is 29.0 Å². The predicted molar refractivity (Wildman–Crippen MR) is 74.8 cm³/mol. The minimum absolute atomic E-state index is 0.203. The number of rotatable bonds is 5. The molecule has 1 aromatic heterocycles. The van der Waals surface area contributed by atoms with Gasteiger partial charge in [0.1, 0.15) is 5.52 Å². The van der Waals surface area contributed by atoms with Crippen molar-refractivity contribution in [3.8, 4) is 0 Å². The summed E-state index contributed by atoms with van der Waals surface area (Å²) in [5.41, 5.74) is 6.71. The van der Waals surface area contributed by atoms with E-state index >= 15 is 0 Å². The molecule has 0 unspecified atom stereocenters. The van der Waals surface area contributed by atoms with Crippen LogP contribution >= 0.6 is 0 Å². The number of hydrogen-bond acceptors (Lipinski definition) is 3. The zero-order chi connectivity index (χ0) is 14.7. The van der Waals surface area contributed by atoms with Crippen molar-refractivity contribution in [2.45, 2.75) is 26.3 Å². The van der Waals surface area contributed by atoms with Gasteiger partial charge in [-0.1, -0.05) is 19.4 Å². The number of primary amides is 1. The Labute approximate surface area is 115 Å². The van der Waals surface area contributed by atoms with Gasteiger partial charge in [0.15, 0.2) is 0 Å². The number of nitrogens with two attached hydrogens (primary N) is 1. The van der Waals surface area contributed by atoms with Crippen LogP contribution in [0, 0.1) is 0 Å². The van der Waals surface area contributed by atoms with Crippen molar-refractivity contribution < 1.29 is 14.7 Å². The van der Waals surface area contributed by atoms with Gasteiger partial charge in [-0.3, -0.25) is 10.1 Å². The van der Waals surface area contributed by atoms with E-state index in [2.05, 4.69) is 10.3 Å². The fraction of sp³-hybridized carbons (Fsp3) is 0.308. The van der Waals surface area contributed by atoms with Crippen LogP contribution in [0.4, 0.5) is 10.7 Å². The normalized spacial score (nSPS) is 10.7. The second kappa shape index (κ2) is 5.60. The Morgan fingerprint density at radius 1 is 1.45 bits per heavy atom. The van der Waals surface area contributed by atoms with Crippen LogP contribution in [0.5, 0.6) is 0 Å². The third kappa shape index (κ3) is 2.56. The number of imidazole rings is 1. The summed E-state index contributed by atoms with van der Waals surface area (Å²) in [6.45, 7) is 2.66. The van der Waals surface area contributed by atoms with E-state index in [0.29, 0.717) is 17.6 Å². The predicted octanol–water partition coefficient (Wildman–Crippen LogP) is 2.03. The molecule has 0 saturated carbocycles. The number of benzene rings is 1. The molecule has 2 rings (SSSR count). The number of amides is 2. The molecule has 0 atom stereocenters. The summed E-state index contributed by atoms with van der Waals surface area (Å²) < 4.78 is 1.75. The van der Waals surface area contributed by atoms with Gasteiger partial charge in [0.05, 0.1) is 11.1 Å². The van der Waals surface area contributed by atoms with Crippen LogP contribution in [-0.2, 0) is 6.54 Å². The molecule has 4 N–H and O–H groups in total. The first-order chi connectivity index (χ1) is 9.54. The van der Waals surface area contributed by atoms with E-state index in [-0.39, 0.29) is 11.5 Å². The number of unbranched alkanes of at least 4 members (excludes halogenated alkanes) is 1. The molecule has 106 valence electrons. The molecule has 7 heteroatoms. The summed E-state index contributed by atoms with van der Waals surface area (Å²) in [6.07, 6.45) is 0.640. The molecule has 0 bridgehead atoms. The van der Waals surface area contributed by atoms with Gasteiger partial charge in [0.2, 0.25) is 5.95 Å². The lowest BCUT2D eigenvalue weighted by Crippen LogP contribution is -2.13. The number of fused-ring (bicyclic) bond motifs is 1. The Morgan fingerprint density at radius 3 is 2.80 bits per heavy atom. The van der Waals surface area contributed by atoms with Crippen LogP contribution in [0.2, 0.25) is 0 Å². The highest BCUT2D eigenvalue weighted by Crippen LogP contribution is 2.23. The summed E-state index contributed by atoms with van der Waals surface area (Å²) in [6, 6.07) is 5.07. The molecule has 20 heavy (non-hydrogen) atoms. The average molecular weight is 276 g/mol. The van der Waals surface area contributed by atoms with E-state index in [9.17, 15) is 9.59 Å². The number of para-hydroxylation sites is 1. The fourth-order valence-electron chi connectivity index (χ4n) is 2.08. The molecule has 0 aliphatic heterocycles. The maximum atomic E-state index is 11.4. The number of nitrogens with one attached hydrogen (secondary N) is 1. The maximum absolute atomic E-state index is 11.4. The number of hydrogen-bond donors (Lipinski definition) is 3. The van der Waals surface area contributed by atoms with Crippen molar-refractivity contribution in [2.75, 3.05) is 5.32 Å². The smallest absolute Gasteiger partial charge is 0.411 e. The zero-order valence-electron chi connectivity index (χ0n) is 11.1. The number of carbonyl (C=O) groups is 2. The minimum Gasteiger partial charge on any atom is -0.465 e. The van der Waals surface area contributed by atoms with Gasteiger partial charge in [0.25, 0.3) is 5.91 Å². The summed E-state index contributed by atoms with van der Waals surface area (Å²) in [5, 5.41) is 11.1. The lowest BCUT2D eigenvalue weighted by Gasteiger charge is -2.07. The summed E-state index contributed by atoms with van der Waals surface area (Å²) in [4.78, 5) is 26.4. The third-order valence-corrected chi connectivity index (χ3v) is 3.00. The Kier molecular flexibility index (Phi) is 3.88. The maximum Gasteiger partial charge on any atom is 0.411 e. The van der Waals surface area contributed by atoms with Gasteiger partial charge in [-0.2, -0.15) is 0 Å². The van der Waals surface area contributed by atoms with Crippen molar-refractivity contribution in [3.63, 3.8) is 0 Å². The highest BCUT2D eigenvalue weighted by atomic mass is 16.4. The standard InChI is InChI=1S/C13H16N4O3/c1-2-3-7-17-9-6-4-5-8(11(14)18)10(9)15-12(17)16-13(19)20/h4-6H,2-3,7H2,1H3,(H2,14,18)(H,15,16)(H,19,20). The number of anilines is 1. The van der Waals surface area contributed by atoms with Crippen LogP contribution in [0.25, 0.3) is 11.0 Å². The molecule has 2 amide bonds. The molecule has 1 heterocycles. The number of carbonyl (C=O) groups excluding carboxylic acids is 1. The van der Waals surface area contributed by atoms with Gasteiger partial charge in [-0.05, 0) is 18.6 Å². The monoisotopic (exact) mass is 276 g/mol. The average Bonchev–Trinajstić information content (AvgIpc) is 2.72. The van der Waals surface area contributed by atoms with Crippen LogP contribution in [0.1, 0.15) is 30.1 Å². The first kappa shape index (κ1) is 13.9. The molecule has 0 fully saturated rings. The summed E-state index contributed by atoms with van der Waals surface area (Å²) >= 11 is 0. The lowest BCUT2D eigenvalue weighted by atomic mass is 10.2. The third-order valence-electron chi connectivity index (χ3n) is 3.00. The molecule has 0 saturated heterocycles. The summed E-state index contributed by atoms with van der Waals surface area (Å²) in [7, 11) is 0. The Balaban J connectivity index is 2.61. The quantitative estimate of drug-likeness (QED) is 0.775. The topological polar surface area (TPSA) is 110 Å². The largest absolute Gasteiger partial charge is 0.465 e. The number of carboxylic acid groups (broad SMARTS) is 1. The van der Waals surface area contributed by atoms with E-state index < -0.39 is 12.0 Å². The molecule has 2 aromatic rings. The van der Waals surface area contributed by atoms with E-state index in [1.54, 1.807) is 22.8 Å². The SMILES string of the molecule is CCCCn1c(NC(=O)O)nc2c(C(N)=O)cccc21. The van der Waals surface area contributed by atoms with Crippen LogP contribution in [-0.4, -0.2) is 26.7 Å². The van der Waals surface area contributed by atoms with Gasteiger partial charge in [0, 0.05) is 6.54 Å². The van der Waals surface area contributed by atoms with Crippen molar-refractivity contribution in [1.29, 1.82) is 0 Å². The fourth-order valence-corrected chi connectivity index (χ4v) is 2.08. The molecular weight excluding hydrogens is 260 g/mol. The molecular formula is C13H16N4O3. The molecule has 0 aliphatic carbocycles. The molecule has 7 nitrogen and oxygen atoms in total. The van der Waals surface area contributed by atoms with Crippen molar-refractivity contribution in [1.82, 2.24) is 9.55 Å². The second-order valence-corrected chi connectivity index (χ2v) is 4.41. The second-order valence-electron chi connectivity index (χ2n) is 4.41. The van der Waals surface area contributed by atoms with Crippen LogP contribution in [0.3, 0.4) is 0 Å². The first-order valence-electron chi connectivity index (χ1n) is 6.33. The zero-order valence-corrected chi connectivity index (χ0v) is 11.1. The number of nitrogens with zero attached hydrogens (tertiary/aromatic N) is 2. The van der Waals surface area contributed by atoms with Crippen LogP contribution in [0.15, 0.2) is 18.2 Å². The van der Waals surface area contributed by atoms with Crippen molar-refractivity contribution in [3.05, 3.63) is 23.8 Å². The molecule has 0 aliphatic rings. The lowest BCUT2D eigenvalue weighted by molar-refractivity contribution is 0.100. The van der Waals surface area contributed by atoms with Gasteiger partial charge >= 0.3 is 6.09 Å². The molecule has 0 spiro atoms. The van der Waals surface area contributed by atoms with Crippen LogP contribution < -0.4 is 11.1 Å². The highest BCUT2D eigenvalue weighted by Gasteiger charge is 2.16. The Morgan fingerprint density at radius 2 is 2.20 bits per heavy atom. The van der Waals surface area contributed by atoms with Gasteiger partial charge in [-0.25, -0.2) is 9.78 Å². The first-order valence-corrected chi connectivity index (χ1v) is 6.33.